The van der Waals surface area contributed by atoms with Crippen molar-refractivity contribution in [2.75, 3.05) is 13.2 Å². The Balaban J connectivity index is 3.53. The summed E-state index contributed by atoms with van der Waals surface area (Å²) in [6.45, 7) is 3.89. The van der Waals surface area contributed by atoms with Crippen LogP contribution in [0.2, 0.25) is 0 Å². The Kier molecular flexibility index (Phi) is 57.5. The van der Waals surface area contributed by atoms with Crippen molar-refractivity contribution in [3.63, 3.8) is 0 Å². The Morgan fingerprint density at radius 2 is 0.556 bits per heavy atom. The molecule has 0 spiro atoms. The second-order valence-corrected chi connectivity index (χ2v) is 19.0. The van der Waals surface area contributed by atoms with E-state index in [4.69, 9.17) is 9.47 Å². The summed E-state index contributed by atoms with van der Waals surface area (Å²) in [7, 11) is 0. The molecule has 0 aromatic carbocycles. The monoisotopic (exact) mass is 993 g/mol. The van der Waals surface area contributed by atoms with Gasteiger partial charge < -0.3 is 14.6 Å². The lowest BCUT2D eigenvalue weighted by atomic mass is 10.0. The molecule has 5 heteroatoms. The second-order valence-electron chi connectivity index (χ2n) is 19.0. The molecule has 0 aliphatic heterocycles. The van der Waals surface area contributed by atoms with Gasteiger partial charge in [-0.2, -0.15) is 0 Å². The highest BCUT2D eigenvalue weighted by atomic mass is 16.6. The molecule has 0 aromatic rings. The number of hydrogen-bond acceptors (Lipinski definition) is 5. The van der Waals surface area contributed by atoms with E-state index in [0.29, 0.717) is 12.8 Å². The zero-order chi connectivity index (χ0) is 52.0. The number of aliphatic hydroxyl groups excluding tert-OH is 1. The predicted molar refractivity (Wildman–Crippen MR) is 315 cm³/mol. The molecule has 72 heavy (non-hydrogen) atoms. The van der Waals surface area contributed by atoms with Gasteiger partial charge in [-0.1, -0.05) is 262 Å². The first-order chi connectivity index (χ1) is 35.6. The van der Waals surface area contributed by atoms with Gasteiger partial charge in [0.2, 0.25) is 0 Å². The minimum absolute atomic E-state index is 0.0846. The highest BCUT2D eigenvalue weighted by Gasteiger charge is 2.16. The zero-order valence-corrected chi connectivity index (χ0v) is 46.4. The molecule has 0 aromatic heterocycles. The van der Waals surface area contributed by atoms with Gasteiger partial charge in [-0.15, -0.1) is 0 Å². The quantitative estimate of drug-likeness (QED) is 0.0373. The fraction of sp³-hybridized carbons (Fsp3) is 0.612. The summed E-state index contributed by atoms with van der Waals surface area (Å²) in [5, 5.41) is 9.64. The molecule has 0 saturated heterocycles. The molecular formula is C67H108O5. The molecule has 1 unspecified atom stereocenters. The van der Waals surface area contributed by atoms with Crippen LogP contribution < -0.4 is 0 Å². The number of allylic oxidation sites excluding steroid dienone is 24. The predicted octanol–water partition coefficient (Wildman–Crippen LogP) is 20.2. The summed E-state index contributed by atoms with van der Waals surface area (Å²) in [5.74, 6) is -0.622. The lowest BCUT2D eigenvalue weighted by Gasteiger charge is -2.15. The Hall–Kier alpha value is -4.22. The number of rotatable bonds is 52. The molecule has 0 rings (SSSR count). The van der Waals surface area contributed by atoms with Crippen LogP contribution >= 0.6 is 0 Å². The van der Waals surface area contributed by atoms with Crippen LogP contribution in [0.3, 0.4) is 0 Å². The third-order valence-electron chi connectivity index (χ3n) is 12.1. The van der Waals surface area contributed by atoms with Crippen LogP contribution in [0.4, 0.5) is 0 Å². The first-order valence-electron chi connectivity index (χ1n) is 29.4. The molecule has 0 radical (unpaired) electrons. The molecule has 5 nitrogen and oxygen atoms in total. The van der Waals surface area contributed by atoms with E-state index in [-0.39, 0.29) is 25.2 Å². The maximum atomic E-state index is 12.3. The topological polar surface area (TPSA) is 72.8 Å². The minimum atomic E-state index is -0.791. The molecule has 1 atom stereocenters. The van der Waals surface area contributed by atoms with E-state index in [9.17, 15) is 14.7 Å². The number of esters is 2. The van der Waals surface area contributed by atoms with Gasteiger partial charge in [0.05, 0.1) is 6.61 Å². The first kappa shape index (κ1) is 67.8. The van der Waals surface area contributed by atoms with Gasteiger partial charge in [0, 0.05) is 12.8 Å². The van der Waals surface area contributed by atoms with Crippen LogP contribution in [-0.4, -0.2) is 36.4 Å². The maximum Gasteiger partial charge on any atom is 0.306 e. The molecule has 0 bridgehead atoms. The number of carbonyl (C=O) groups is 2. The molecule has 0 saturated carbocycles. The van der Waals surface area contributed by atoms with E-state index in [1.54, 1.807) is 0 Å². The smallest absolute Gasteiger partial charge is 0.306 e. The van der Waals surface area contributed by atoms with Crippen molar-refractivity contribution >= 4 is 11.9 Å². The Morgan fingerprint density at radius 1 is 0.319 bits per heavy atom. The number of aliphatic hydroxyl groups is 1. The number of hydrogen-bond donors (Lipinski definition) is 1. The highest BCUT2D eigenvalue weighted by Crippen LogP contribution is 2.15. The van der Waals surface area contributed by atoms with Crippen molar-refractivity contribution in [2.45, 2.75) is 251 Å². The number of unbranched alkanes of at least 4 members (excludes halogenated alkanes) is 20. The van der Waals surface area contributed by atoms with Crippen LogP contribution in [0.1, 0.15) is 245 Å². The Labute approximate surface area is 444 Å². The average molecular weight is 994 g/mol. The van der Waals surface area contributed by atoms with E-state index < -0.39 is 6.10 Å². The third kappa shape index (κ3) is 58.4. The summed E-state index contributed by atoms with van der Waals surface area (Å²) < 4.78 is 10.7. The standard InChI is InChI=1S/C67H108O5/c1-3-5-7-9-11-13-15-17-19-21-22-23-24-25-26-27-28-29-30-31-32-33-34-35-36-37-38-39-40-41-42-43-44-46-48-50-52-54-56-58-60-62-67(70)72-65(63-68)64-71-66(69)61-59-57-55-53-51-49-47-45-20-18-16-14-12-10-8-6-4-2/h5-8,11-14,17-20,22-23,25-26,28-29,31-32,34-35,47,49,65,68H,3-4,9-10,15-16,21,24,27,30,33,36-46,48,50-64H2,1-2H3/b7-5-,8-6-,13-11-,14-12-,19-17-,20-18-,23-22-,26-25-,29-28-,32-31-,35-34-,49-47-. The molecular weight excluding hydrogens is 885 g/mol. The molecule has 0 heterocycles. The van der Waals surface area contributed by atoms with E-state index in [0.717, 1.165) is 128 Å². The second kappa shape index (κ2) is 61.1. The zero-order valence-electron chi connectivity index (χ0n) is 46.4. The fourth-order valence-corrected chi connectivity index (χ4v) is 7.80. The van der Waals surface area contributed by atoms with Crippen molar-refractivity contribution < 1.29 is 24.2 Å². The molecule has 0 amide bonds. The van der Waals surface area contributed by atoms with Crippen LogP contribution in [-0.2, 0) is 19.1 Å². The van der Waals surface area contributed by atoms with E-state index in [1.807, 2.05) is 0 Å². The van der Waals surface area contributed by atoms with Crippen LogP contribution in [0.15, 0.2) is 146 Å². The molecule has 0 aliphatic rings. The van der Waals surface area contributed by atoms with Crippen LogP contribution in [0.25, 0.3) is 0 Å². The summed E-state index contributed by atoms with van der Waals surface area (Å²) in [6.07, 6.45) is 92.6. The van der Waals surface area contributed by atoms with Crippen molar-refractivity contribution in [3.05, 3.63) is 146 Å². The van der Waals surface area contributed by atoms with E-state index >= 15 is 0 Å². The van der Waals surface area contributed by atoms with Gasteiger partial charge in [-0.25, -0.2) is 0 Å². The van der Waals surface area contributed by atoms with Gasteiger partial charge in [0.25, 0.3) is 0 Å². The van der Waals surface area contributed by atoms with Crippen molar-refractivity contribution in [1.82, 2.24) is 0 Å². The van der Waals surface area contributed by atoms with Crippen molar-refractivity contribution in [3.8, 4) is 0 Å². The van der Waals surface area contributed by atoms with Gasteiger partial charge in [-0.3, -0.25) is 9.59 Å². The van der Waals surface area contributed by atoms with Gasteiger partial charge in [0.15, 0.2) is 6.10 Å². The Bertz CT molecular complexity index is 1540. The first-order valence-corrected chi connectivity index (χ1v) is 29.4. The molecule has 0 aliphatic carbocycles. The summed E-state index contributed by atoms with van der Waals surface area (Å²) in [5.41, 5.74) is 0. The van der Waals surface area contributed by atoms with Crippen LogP contribution in [0, 0.1) is 0 Å². The number of ether oxygens (including phenoxy) is 2. The molecule has 0 fully saturated rings. The van der Waals surface area contributed by atoms with Gasteiger partial charge in [-0.05, 0) is 116 Å². The number of carbonyl (C=O) groups excluding carboxylic acids is 2. The summed E-state index contributed by atoms with van der Waals surface area (Å²) in [4.78, 5) is 24.5. The normalized spacial score (nSPS) is 13.3. The van der Waals surface area contributed by atoms with Crippen molar-refractivity contribution in [1.29, 1.82) is 0 Å². The van der Waals surface area contributed by atoms with Crippen molar-refractivity contribution in [2.24, 2.45) is 0 Å². The SMILES string of the molecule is CC/C=C\C/C=C\C/C=C\C/C=C\C/C=C\C/C=C\C/C=C\C/C=C\CCCCCCCCCCCCCCCCCCC(=O)OC(CO)COC(=O)CCCCCC/C=C\C/C=C\C/C=C\C/C=C\CC. The van der Waals surface area contributed by atoms with Gasteiger partial charge >= 0.3 is 11.9 Å². The fourth-order valence-electron chi connectivity index (χ4n) is 7.80. The largest absolute Gasteiger partial charge is 0.462 e. The lowest BCUT2D eigenvalue weighted by Crippen LogP contribution is -2.28. The third-order valence-corrected chi connectivity index (χ3v) is 12.1. The molecule has 1 N–H and O–H groups in total. The average Bonchev–Trinajstić information content (AvgIpc) is 3.38. The van der Waals surface area contributed by atoms with E-state index in [2.05, 4.69) is 160 Å². The van der Waals surface area contributed by atoms with Gasteiger partial charge in [0.1, 0.15) is 6.61 Å². The van der Waals surface area contributed by atoms with Crippen LogP contribution in [0.5, 0.6) is 0 Å². The summed E-state index contributed by atoms with van der Waals surface area (Å²) in [6, 6.07) is 0. The Morgan fingerprint density at radius 3 is 0.833 bits per heavy atom. The highest BCUT2D eigenvalue weighted by molar-refractivity contribution is 5.70. The minimum Gasteiger partial charge on any atom is -0.462 e. The lowest BCUT2D eigenvalue weighted by molar-refractivity contribution is -0.161. The molecule has 406 valence electrons. The maximum absolute atomic E-state index is 12.3. The van der Waals surface area contributed by atoms with E-state index in [1.165, 1.54) is 89.9 Å². The summed E-state index contributed by atoms with van der Waals surface area (Å²) >= 11 is 0.